The molecule has 1 aliphatic heterocycles. The third kappa shape index (κ3) is 4.52. The van der Waals surface area contributed by atoms with E-state index in [1.54, 1.807) is 0 Å². The summed E-state index contributed by atoms with van der Waals surface area (Å²) in [6.45, 7) is 4.34. The van der Waals surface area contributed by atoms with Crippen LogP contribution in [0.3, 0.4) is 0 Å². The van der Waals surface area contributed by atoms with Crippen molar-refractivity contribution in [3.8, 4) is 11.3 Å². The van der Waals surface area contributed by atoms with Gasteiger partial charge in [-0.05, 0) is 62.6 Å². The zero-order valence-corrected chi connectivity index (χ0v) is 19.5. The van der Waals surface area contributed by atoms with E-state index in [1.807, 2.05) is 31.4 Å². The number of rotatable bonds is 5. The highest BCUT2D eigenvalue weighted by Crippen LogP contribution is 2.30. The normalized spacial score (nSPS) is 17.1. The number of halogens is 1. The summed E-state index contributed by atoms with van der Waals surface area (Å²) in [5.41, 5.74) is 4.04. The van der Waals surface area contributed by atoms with Crippen molar-refractivity contribution in [2.75, 3.05) is 11.9 Å². The molecule has 31 heavy (non-hydrogen) atoms. The maximum absolute atomic E-state index is 13.1. The van der Waals surface area contributed by atoms with Crippen LogP contribution in [-0.4, -0.2) is 36.2 Å². The lowest BCUT2D eigenvalue weighted by atomic mass is 10.0. The molecule has 1 atom stereocenters. The third-order valence-corrected chi connectivity index (χ3v) is 8.26. The van der Waals surface area contributed by atoms with E-state index in [0.717, 1.165) is 22.4 Å². The van der Waals surface area contributed by atoms with Crippen molar-refractivity contribution in [2.24, 2.45) is 0 Å². The minimum absolute atomic E-state index is 0.128. The molecule has 0 saturated carbocycles. The number of hydrogen-bond donors (Lipinski definition) is 1. The topological polar surface area (TPSA) is 79.4 Å². The first kappa shape index (κ1) is 22.0. The predicted molar refractivity (Wildman–Crippen MR) is 124 cm³/mol. The van der Waals surface area contributed by atoms with Crippen molar-refractivity contribution in [2.45, 2.75) is 37.6 Å². The second-order valence-corrected chi connectivity index (χ2v) is 10.8. The van der Waals surface area contributed by atoms with Gasteiger partial charge < -0.3 is 5.32 Å². The number of nitrogens with one attached hydrogen (secondary N) is 1. The number of sulfonamides is 1. The Morgan fingerprint density at radius 1 is 1.19 bits per heavy atom. The quantitative estimate of drug-likeness (QED) is 0.570. The Hall–Kier alpha value is -2.26. The number of nitrogens with zero attached hydrogens (tertiary/aromatic N) is 2. The molecule has 1 aromatic heterocycles. The van der Waals surface area contributed by atoms with Crippen molar-refractivity contribution in [1.82, 2.24) is 9.29 Å². The van der Waals surface area contributed by atoms with Crippen molar-refractivity contribution in [3.05, 3.63) is 64.0 Å². The molecule has 0 aliphatic carbocycles. The van der Waals surface area contributed by atoms with E-state index in [0.29, 0.717) is 29.5 Å². The molecule has 2 aromatic carbocycles. The van der Waals surface area contributed by atoms with Crippen LogP contribution < -0.4 is 5.32 Å². The summed E-state index contributed by atoms with van der Waals surface area (Å²) in [6.07, 6.45) is 1.09. The number of benzene rings is 2. The number of aromatic nitrogens is 1. The largest absolute Gasteiger partial charge is 0.301 e. The molecular weight excluding hydrogens is 454 g/mol. The van der Waals surface area contributed by atoms with Gasteiger partial charge in [-0.1, -0.05) is 29.3 Å². The molecule has 162 valence electrons. The zero-order chi connectivity index (χ0) is 22.2. The molecule has 1 fully saturated rings. The monoisotopic (exact) mass is 475 g/mol. The average Bonchev–Trinajstić information content (AvgIpc) is 3.40. The molecule has 1 amide bonds. The third-order valence-electron chi connectivity index (χ3n) is 5.33. The predicted octanol–water partition coefficient (Wildman–Crippen LogP) is 4.87. The lowest BCUT2D eigenvalue weighted by Gasteiger charge is -2.23. The van der Waals surface area contributed by atoms with Gasteiger partial charge in [-0.25, -0.2) is 13.4 Å². The number of amides is 1. The van der Waals surface area contributed by atoms with Gasteiger partial charge in [0.25, 0.3) is 0 Å². The van der Waals surface area contributed by atoms with E-state index in [-0.39, 0.29) is 10.8 Å². The second-order valence-electron chi connectivity index (χ2n) is 7.57. The van der Waals surface area contributed by atoms with Crippen LogP contribution in [0.2, 0.25) is 5.02 Å². The van der Waals surface area contributed by atoms with E-state index in [2.05, 4.69) is 16.4 Å². The van der Waals surface area contributed by atoms with Crippen molar-refractivity contribution in [3.63, 3.8) is 0 Å². The fourth-order valence-corrected chi connectivity index (χ4v) is 6.18. The van der Waals surface area contributed by atoms with Crippen LogP contribution in [-0.2, 0) is 14.8 Å². The Labute approximate surface area is 190 Å². The lowest BCUT2D eigenvalue weighted by Crippen LogP contribution is -2.43. The van der Waals surface area contributed by atoms with E-state index in [4.69, 9.17) is 11.6 Å². The number of anilines is 1. The van der Waals surface area contributed by atoms with Gasteiger partial charge in [-0.2, -0.15) is 4.31 Å². The van der Waals surface area contributed by atoms with E-state index < -0.39 is 16.1 Å². The fraction of sp³-hybridized carbons (Fsp3) is 0.273. The number of carbonyl (C=O) groups excluding carboxylic acids is 1. The minimum Gasteiger partial charge on any atom is -0.301 e. The molecule has 4 rings (SSSR count). The number of carbonyl (C=O) groups is 1. The molecule has 6 nitrogen and oxygen atoms in total. The van der Waals surface area contributed by atoms with Crippen molar-refractivity contribution < 1.29 is 13.2 Å². The first-order valence-corrected chi connectivity index (χ1v) is 12.6. The molecule has 9 heteroatoms. The molecule has 1 saturated heterocycles. The molecule has 0 spiro atoms. The molecule has 1 aliphatic rings. The van der Waals surface area contributed by atoms with Crippen molar-refractivity contribution in [1.29, 1.82) is 0 Å². The SMILES string of the molecule is Cc1ccc(C)c(-c2csc(NC(=O)C3CCCN3S(=O)(=O)c3ccc(Cl)cc3)n2)c1. The zero-order valence-electron chi connectivity index (χ0n) is 17.1. The Kier molecular flexibility index (Phi) is 6.16. The summed E-state index contributed by atoms with van der Waals surface area (Å²) in [7, 11) is -3.79. The summed E-state index contributed by atoms with van der Waals surface area (Å²) in [5, 5.41) is 5.62. The van der Waals surface area contributed by atoms with Crippen LogP contribution in [0.4, 0.5) is 5.13 Å². The summed E-state index contributed by atoms with van der Waals surface area (Å²) in [6, 6.07) is 11.4. The maximum Gasteiger partial charge on any atom is 0.244 e. The van der Waals surface area contributed by atoms with E-state index in [9.17, 15) is 13.2 Å². The maximum atomic E-state index is 13.1. The first-order chi connectivity index (χ1) is 14.8. The summed E-state index contributed by atoms with van der Waals surface area (Å²) in [4.78, 5) is 17.6. The van der Waals surface area contributed by atoms with Crippen LogP contribution in [0.25, 0.3) is 11.3 Å². The Morgan fingerprint density at radius 2 is 1.94 bits per heavy atom. The summed E-state index contributed by atoms with van der Waals surface area (Å²) < 4.78 is 27.4. The van der Waals surface area contributed by atoms with E-state index >= 15 is 0 Å². The Bertz CT molecular complexity index is 1220. The molecular formula is C22H22ClN3O3S2. The minimum atomic E-state index is -3.79. The van der Waals surface area contributed by atoms with Crippen LogP contribution in [0.5, 0.6) is 0 Å². The molecule has 2 heterocycles. The average molecular weight is 476 g/mol. The van der Waals surface area contributed by atoms with Gasteiger partial charge in [0, 0.05) is 22.5 Å². The Morgan fingerprint density at radius 3 is 2.68 bits per heavy atom. The first-order valence-electron chi connectivity index (χ1n) is 9.87. The van der Waals surface area contributed by atoms with Crippen LogP contribution in [0.1, 0.15) is 24.0 Å². The van der Waals surface area contributed by atoms with Gasteiger partial charge in [0.2, 0.25) is 15.9 Å². The highest BCUT2D eigenvalue weighted by atomic mass is 35.5. The molecule has 1 N–H and O–H groups in total. The van der Waals surface area contributed by atoms with Gasteiger partial charge in [-0.3, -0.25) is 4.79 Å². The van der Waals surface area contributed by atoms with Gasteiger partial charge in [0.15, 0.2) is 5.13 Å². The van der Waals surface area contributed by atoms with Gasteiger partial charge in [-0.15, -0.1) is 11.3 Å². The summed E-state index contributed by atoms with van der Waals surface area (Å²) >= 11 is 7.20. The van der Waals surface area contributed by atoms with Crippen LogP contribution in [0, 0.1) is 13.8 Å². The van der Waals surface area contributed by atoms with E-state index in [1.165, 1.54) is 39.9 Å². The Balaban J connectivity index is 1.53. The number of thiazole rings is 1. The number of hydrogen-bond acceptors (Lipinski definition) is 5. The standard InChI is InChI=1S/C22H22ClN3O3S2/c1-14-5-6-15(2)18(12-14)19-13-30-22(24-19)25-21(27)20-4-3-11-26(20)31(28,29)17-9-7-16(23)8-10-17/h5-10,12-13,20H,3-4,11H2,1-2H3,(H,24,25,27). The van der Waals surface area contributed by atoms with Gasteiger partial charge >= 0.3 is 0 Å². The molecule has 1 unspecified atom stereocenters. The number of aryl methyl sites for hydroxylation is 2. The van der Waals surface area contributed by atoms with Gasteiger partial charge in [0.05, 0.1) is 10.6 Å². The smallest absolute Gasteiger partial charge is 0.244 e. The highest BCUT2D eigenvalue weighted by Gasteiger charge is 2.39. The molecule has 3 aromatic rings. The second kappa shape index (κ2) is 8.70. The van der Waals surface area contributed by atoms with Crippen LogP contribution in [0.15, 0.2) is 52.7 Å². The highest BCUT2D eigenvalue weighted by molar-refractivity contribution is 7.89. The molecule has 0 radical (unpaired) electrons. The van der Waals surface area contributed by atoms with Gasteiger partial charge in [0.1, 0.15) is 6.04 Å². The fourth-order valence-electron chi connectivity index (χ4n) is 3.69. The lowest BCUT2D eigenvalue weighted by molar-refractivity contribution is -0.119. The summed E-state index contributed by atoms with van der Waals surface area (Å²) in [5.74, 6) is -0.364. The van der Waals surface area contributed by atoms with Crippen molar-refractivity contribution >= 4 is 44.0 Å². The molecule has 0 bridgehead atoms. The van der Waals surface area contributed by atoms with Crippen LogP contribution >= 0.6 is 22.9 Å².